The summed E-state index contributed by atoms with van der Waals surface area (Å²) in [6, 6.07) is 5.85. The third-order valence-corrected chi connectivity index (χ3v) is 5.39. The number of hydrogen-bond acceptors (Lipinski definition) is 4. The van der Waals surface area contributed by atoms with Crippen LogP contribution in [-0.4, -0.2) is 50.2 Å². The Labute approximate surface area is 144 Å². The van der Waals surface area contributed by atoms with Crippen molar-refractivity contribution in [2.24, 2.45) is 5.92 Å². The predicted octanol–water partition coefficient (Wildman–Crippen LogP) is 2.24. The number of nitrogens with one attached hydrogen (secondary N) is 1. The van der Waals surface area contributed by atoms with Gasteiger partial charge < -0.3 is 19.7 Å². The normalized spacial score (nSPS) is 26.7. The molecule has 2 aliphatic rings. The number of carbonyl (C=O) groups excluding carboxylic acids is 1. The number of nitrogens with zero attached hydrogens (tertiary/aromatic N) is 1. The van der Waals surface area contributed by atoms with Gasteiger partial charge in [0.1, 0.15) is 0 Å². The zero-order valence-corrected chi connectivity index (χ0v) is 14.9. The lowest BCUT2D eigenvalue weighted by molar-refractivity contribution is -0.126. The fourth-order valence-electron chi connectivity index (χ4n) is 4.00. The molecule has 2 saturated heterocycles. The van der Waals surface area contributed by atoms with Crippen molar-refractivity contribution in [3.63, 3.8) is 0 Å². The molecule has 0 saturated carbocycles. The number of hydrogen-bond donors (Lipinski definition) is 1. The highest BCUT2D eigenvalue weighted by Crippen LogP contribution is 2.32. The van der Waals surface area contributed by atoms with E-state index in [-0.39, 0.29) is 17.4 Å². The van der Waals surface area contributed by atoms with Gasteiger partial charge in [0, 0.05) is 19.0 Å². The fourth-order valence-corrected chi connectivity index (χ4v) is 4.00. The van der Waals surface area contributed by atoms with Gasteiger partial charge in [-0.25, -0.2) is 0 Å². The molecule has 2 bridgehead atoms. The number of benzene rings is 1. The van der Waals surface area contributed by atoms with E-state index < -0.39 is 0 Å². The van der Waals surface area contributed by atoms with E-state index in [1.54, 1.807) is 14.2 Å². The average molecular weight is 332 g/mol. The fraction of sp³-hybridized carbons (Fsp3) is 0.632. The highest BCUT2D eigenvalue weighted by molar-refractivity contribution is 5.79. The maximum Gasteiger partial charge on any atom is 0.223 e. The molecule has 2 aliphatic heterocycles. The van der Waals surface area contributed by atoms with Crippen molar-refractivity contribution >= 4 is 5.91 Å². The Morgan fingerprint density at radius 3 is 2.79 bits per heavy atom. The minimum Gasteiger partial charge on any atom is -0.493 e. The van der Waals surface area contributed by atoms with Gasteiger partial charge in [-0.15, -0.1) is 0 Å². The van der Waals surface area contributed by atoms with Crippen LogP contribution in [0.25, 0.3) is 0 Å². The molecule has 5 nitrogen and oxygen atoms in total. The van der Waals surface area contributed by atoms with Crippen LogP contribution >= 0.6 is 0 Å². The zero-order valence-electron chi connectivity index (χ0n) is 14.9. The molecular formula is C19H28N2O3. The van der Waals surface area contributed by atoms with Gasteiger partial charge >= 0.3 is 0 Å². The molecule has 0 spiro atoms. The van der Waals surface area contributed by atoms with E-state index in [0.717, 1.165) is 31.5 Å². The first-order chi connectivity index (χ1) is 11.5. The Hall–Kier alpha value is -1.75. The number of fused-ring (bicyclic) bond motifs is 2. The second-order valence-electron chi connectivity index (χ2n) is 7.19. The number of carbonyl (C=O) groups is 1. The minimum atomic E-state index is -0.0616. The number of rotatable bonds is 6. The van der Waals surface area contributed by atoms with Gasteiger partial charge in [-0.2, -0.15) is 0 Å². The van der Waals surface area contributed by atoms with Crippen molar-refractivity contribution < 1.29 is 14.3 Å². The summed E-state index contributed by atoms with van der Waals surface area (Å²) in [7, 11) is 3.26. The van der Waals surface area contributed by atoms with E-state index in [0.29, 0.717) is 17.9 Å². The van der Waals surface area contributed by atoms with Crippen molar-refractivity contribution in [3.8, 4) is 11.5 Å². The smallest absolute Gasteiger partial charge is 0.223 e. The number of piperidine rings is 1. The summed E-state index contributed by atoms with van der Waals surface area (Å²) in [6.45, 7) is 5.31. The molecule has 0 aliphatic carbocycles. The zero-order chi connectivity index (χ0) is 17.2. The van der Waals surface area contributed by atoms with Gasteiger partial charge in [0.2, 0.25) is 5.91 Å². The first-order valence-electron chi connectivity index (χ1n) is 8.80. The quantitative estimate of drug-likeness (QED) is 0.868. The van der Waals surface area contributed by atoms with Crippen molar-refractivity contribution in [3.05, 3.63) is 23.8 Å². The Morgan fingerprint density at radius 1 is 1.25 bits per heavy atom. The topological polar surface area (TPSA) is 50.8 Å². The molecule has 0 aromatic heterocycles. The van der Waals surface area contributed by atoms with Crippen LogP contribution in [0.5, 0.6) is 11.5 Å². The molecule has 1 aromatic rings. The molecule has 3 unspecified atom stereocenters. The maximum atomic E-state index is 12.7. The van der Waals surface area contributed by atoms with Gasteiger partial charge in [-0.3, -0.25) is 4.79 Å². The Bertz CT molecular complexity index is 600. The number of amides is 1. The van der Waals surface area contributed by atoms with Crippen molar-refractivity contribution in [1.29, 1.82) is 0 Å². The molecule has 3 rings (SSSR count). The molecular weight excluding hydrogens is 304 g/mol. The lowest BCUT2D eigenvalue weighted by atomic mass is 9.89. The van der Waals surface area contributed by atoms with E-state index in [9.17, 15) is 4.79 Å². The standard InChI is InChI=1S/C19H28N2O3/c1-14(11-15-5-6-16(23-2)17(12-15)24-3)18(22)20-19-7-4-9-21(13-19)10-8-19/h5-6,12,14H,4,7-11,13H2,1-3H3,(H,20,22). The van der Waals surface area contributed by atoms with Gasteiger partial charge in [-0.05, 0) is 49.9 Å². The van der Waals surface area contributed by atoms with Gasteiger partial charge in [0.15, 0.2) is 11.5 Å². The summed E-state index contributed by atoms with van der Waals surface area (Å²) in [6.07, 6.45) is 4.08. The van der Waals surface area contributed by atoms with Crippen molar-refractivity contribution in [2.75, 3.05) is 33.9 Å². The van der Waals surface area contributed by atoms with Gasteiger partial charge in [-0.1, -0.05) is 13.0 Å². The largest absolute Gasteiger partial charge is 0.493 e. The van der Waals surface area contributed by atoms with Crippen LogP contribution < -0.4 is 14.8 Å². The minimum absolute atomic E-state index is 0.0151. The van der Waals surface area contributed by atoms with Crippen LogP contribution in [0.3, 0.4) is 0 Å². The first-order valence-corrected chi connectivity index (χ1v) is 8.80. The lowest BCUT2D eigenvalue weighted by Crippen LogP contribution is -2.54. The SMILES string of the molecule is COc1ccc(CC(C)C(=O)NC23CCCN(CC2)C3)cc1OC. The number of methoxy groups -OCH3 is 2. The second kappa shape index (κ2) is 7.01. The average Bonchev–Trinajstić information content (AvgIpc) is 2.88. The molecule has 2 heterocycles. The van der Waals surface area contributed by atoms with E-state index >= 15 is 0 Å². The molecule has 1 aromatic carbocycles. The van der Waals surface area contributed by atoms with Crippen LogP contribution in [-0.2, 0) is 11.2 Å². The van der Waals surface area contributed by atoms with E-state index in [2.05, 4.69) is 10.2 Å². The number of ether oxygens (including phenoxy) is 2. The summed E-state index contributed by atoms with van der Waals surface area (Å²) in [5.74, 6) is 1.52. The van der Waals surface area contributed by atoms with E-state index in [1.807, 2.05) is 25.1 Å². The van der Waals surface area contributed by atoms with Crippen LogP contribution in [0, 0.1) is 5.92 Å². The monoisotopic (exact) mass is 332 g/mol. The summed E-state index contributed by atoms with van der Waals surface area (Å²) in [5, 5.41) is 3.36. The predicted molar refractivity (Wildman–Crippen MR) is 93.6 cm³/mol. The molecule has 5 heteroatoms. The van der Waals surface area contributed by atoms with Crippen molar-refractivity contribution in [2.45, 2.75) is 38.1 Å². The Balaban J connectivity index is 1.62. The Kier molecular flexibility index (Phi) is 4.99. The summed E-state index contributed by atoms with van der Waals surface area (Å²) >= 11 is 0. The van der Waals surface area contributed by atoms with Crippen molar-refractivity contribution in [1.82, 2.24) is 10.2 Å². The summed E-state index contributed by atoms with van der Waals surface area (Å²) in [4.78, 5) is 15.2. The van der Waals surface area contributed by atoms with Crippen LogP contribution in [0.4, 0.5) is 0 Å². The third-order valence-electron chi connectivity index (χ3n) is 5.39. The van der Waals surface area contributed by atoms with Crippen LogP contribution in [0.2, 0.25) is 0 Å². The third kappa shape index (κ3) is 3.51. The highest BCUT2D eigenvalue weighted by Gasteiger charge is 2.42. The molecule has 1 N–H and O–H groups in total. The van der Waals surface area contributed by atoms with E-state index in [1.165, 1.54) is 13.0 Å². The summed E-state index contributed by atoms with van der Waals surface area (Å²) < 4.78 is 10.6. The second-order valence-corrected chi connectivity index (χ2v) is 7.19. The molecule has 1 amide bonds. The summed E-state index contributed by atoms with van der Waals surface area (Å²) in [5.41, 5.74) is 1.10. The van der Waals surface area contributed by atoms with Gasteiger partial charge in [0.25, 0.3) is 0 Å². The Morgan fingerprint density at radius 2 is 2.04 bits per heavy atom. The lowest BCUT2D eigenvalue weighted by Gasteiger charge is -2.35. The maximum absolute atomic E-state index is 12.7. The first kappa shape index (κ1) is 17.1. The van der Waals surface area contributed by atoms with E-state index in [4.69, 9.17) is 9.47 Å². The molecule has 132 valence electrons. The van der Waals surface area contributed by atoms with Gasteiger partial charge in [0.05, 0.1) is 19.8 Å². The molecule has 3 atom stereocenters. The van der Waals surface area contributed by atoms with Crippen LogP contribution in [0.1, 0.15) is 31.7 Å². The molecule has 0 radical (unpaired) electrons. The molecule has 24 heavy (non-hydrogen) atoms. The van der Waals surface area contributed by atoms with Crippen LogP contribution in [0.15, 0.2) is 18.2 Å². The highest BCUT2D eigenvalue weighted by atomic mass is 16.5. The molecule has 2 fully saturated rings.